The Morgan fingerprint density at radius 1 is 1.48 bits per heavy atom. The third-order valence-corrected chi connectivity index (χ3v) is 3.96. The summed E-state index contributed by atoms with van der Waals surface area (Å²) in [5.41, 5.74) is 0.896. The van der Waals surface area contributed by atoms with E-state index in [1.165, 1.54) is 17.4 Å². The van der Waals surface area contributed by atoms with Crippen LogP contribution >= 0.6 is 11.3 Å². The molecule has 116 valence electrons. The monoisotopic (exact) mass is 311 g/mol. The molecular formula is C15H21NO4S. The molecule has 0 aliphatic heterocycles. The van der Waals surface area contributed by atoms with Gasteiger partial charge < -0.3 is 14.7 Å². The molecule has 0 atom stereocenters. The van der Waals surface area contributed by atoms with Crippen molar-refractivity contribution in [2.24, 2.45) is 0 Å². The molecule has 0 unspecified atom stereocenters. The van der Waals surface area contributed by atoms with Crippen molar-refractivity contribution in [1.29, 1.82) is 0 Å². The van der Waals surface area contributed by atoms with Gasteiger partial charge in [-0.3, -0.25) is 4.79 Å². The maximum absolute atomic E-state index is 12.3. The number of hydrogen-bond donors (Lipinski definition) is 1. The van der Waals surface area contributed by atoms with Crippen LogP contribution in [0.4, 0.5) is 0 Å². The van der Waals surface area contributed by atoms with Crippen LogP contribution in [0.1, 0.15) is 34.0 Å². The molecule has 5 nitrogen and oxygen atoms in total. The number of likely N-dealkylation sites (N-methyl/N-ethyl adjacent to an activating group) is 1. The minimum absolute atomic E-state index is 0.0783. The van der Waals surface area contributed by atoms with Gasteiger partial charge >= 0.3 is 5.97 Å². The number of nitrogens with zero attached hydrogens (tertiary/aromatic N) is 1. The van der Waals surface area contributed by atoms with E-state index < -0.39 is 5.97 Å². The van der Waals surface area contributed by atoms with E-state index >= 15 is 0 Å². The summed E-state index contributed by atoms with van der Waals surface area (Å²) in [6.07, 6.45) is 2.74. The molecule has 0 aromatic carbocycles. The van der Waals surface area contributed by atoms with Gasteiger partial charge in [-0.2, -0.15) is 0 Å². The van der Waals surface area contributed by atoms with E-state index in [4.69, 9.17) is 9.84 Å². The van der Waals surface area contributed by atoms with Crippen LogP contribution in [0.25, 0.3) is 6.08 Å². The molecular weight excluding hydrogens is 290 g/mol. The number of carbonyl (C=O) groups excluding carboxylic acids is 1. The Balaban J connectivity index is 2.70. The number of carboxylic acid groups (broad SMARTS) is 1. The number of hydrogen-bond acceptors (Lipinski definition) is 4. The number of thiophene rings is 1. The Kier molecular flexibility index (Phi) is 6.58. The van der Waals surface area contributed by atoms with Gasteiger partial charge in [-0.15, -0.1) is 11.3 Å². The lowest BCUT2D eigenvalue weighted by Crippen LogP contribution is -2.30. The molecule has 1 rings (SSSR count). The predicted octanol–water partition coefficient (Wildman–Crippen LogP) is 2.65. The second-order valence-electron chi connectivity index (χ2n) is 4.98. The van der Waals surface area contributed by atoms with Crippen LogP contribution in [-0.2, 0) is 9.53 Å². The Bertz CT molecular complexity index is 534. The Morgan fingerprint density at radius 3 is 2.71 bits per heavy atom. The summed E-state index contributed by atoms with van der Waals surface area (Å²) >= 11 is 1.30. The van der Waals surface area contributed by atoms with Crippen LogP contribution in [0.15, 0.2) is 12.1 Å². The van der Waals surface area contributed by atoms with Crippen LogP contribution in [0.3, 0.4) is 0 Å². The average Bonchev–Trinajstić information content (AvgIpc) is 2.76. The summed E-state index contributed by atoms with van der Waals surface area (Å²) in [6, 6.07) is 1.79. The molecule has 0 bridgehead atoms. The Morgan fingerprint density at radius 2 is 2.14 bits per heavy atom. The smallest absolute Gasteiger partial charge is 0.328 e. The topological polar surface area (TPSA) is 66.8 Å². The molecule has 21 heavy (non-hydrogen) atoms. The summed E-state index contributed by atoms with van der Waals surface area (Å²) in [5.74, 6) is -1.08. The normalized spacial score (nSPS) is 11.3. The zero-order valence-electron chi connectivity index (χ0n) is 12.8. The number of aliphatic carboxylic acids is 1. The average molecular weight is 311 g/mol. The van der Waals surface area contributed by atoms with Crippen molar-refractivity contribution >= 4 is 29.3 Å². The molecule has 0 aliphatic rings. The standard InChI is InChI=1S/C15H21NO4S/c1-10(2)20-8-7-16(4)15(19)13-9-11(3)12(21-13)5-6-14(17)18/h5-6,9-10H,7-8H2,1-4H3,(H,17,18)/b6-5+. The molecule has 1 aromatic rings. The quantitative estimate of drug-likeness (QED) is 0.786. The maximum Gasteiger partial charge on any atom is 0.328 e. The van der Waals surface area contributed by atoms with Crippen molar-refractivity contribution in [3.63, 3.8) is 0 Å². The van der Waals surface area contributed by atoms with Gasteiger partial charge in [0.1, 0.15) is 0 Å². The first kappa shape index (κ1) is 17.4. The summed E-state index contributed by atoms with van der Waals surface area (Å²) < 4.78 is 5.43. The molecule has 0 aliphatic carbocycles. The Hall–Kier alpha value is -1.66. The fourth-order valence-electron chi connectivity index (χ4n) is 1.63. The predicted molar refractivity (Wildman–Crippen MR) is 83.8 cm³/mol. The van der Waals surface area contributed by atoms with Gasteiger partial charge in [-0.1, -0.05) is 0 Å². The minimum Gasteiger partial charge on any atom is -0.478 e. The highest BCUT2D eigenvalue weighted by Gasteiger charge is 2.15. The SMILES string of the molecule is Cc1cc(C(=O)N(C)CCOC(C)C)sc1/C=C/C(=O)O. The van der Waals surface area contributed by atoms with Crippen molar-refractivity contribution in [3.05, 3.63) is 27.5 Å². The third kappa shape index (κ3) is 5.69. The van der Waals surface area contributed by atoms with Gasteiger partial charge in [-0.05, 0) is 38.5 Å². The van der Waals surface area contributed by atoms with E-state index in [1.54, 1.807) is 18.0 Å². The molecule has 0 saturated carbocycles. The van der Waals surface area contributed by atoms with E-state index in [0.717, 1.165) is 16.5 Å². The number of carbonyl (C=O) groups is 2. The number of amides is 1. The van der Waals surface area contributed by atoms with Gasteiger partial charge in [0.2, 0.25) is 0 Å². The van der Waals surface area contributed by atoms with Gasteiger partial charge in [-0.25, -0.2) is 4.79 Å². The first-order valence-electron chi connectivity index (χ1n) is 6.69. The molecule has 1 amide bonds. The highest BCUT2D eigenvalue weighted by Crippen LogP contribution is 2.24. The molecule has 1 heterocycles. The van der Waals surface area contributed by atoms with E-state index in [0.29, 0.717) is 18.0 Å². The lowest BCUT2D eigenvalue weighted by Gasteiger charge is -2.17. The molecule has 0 radical (unpaired) electrons. The van der Waals surface area contributed by atoms with Crippen molar-refractivity contribution in [2.75, 3.05) is 20.2 Å². The van der Waals surface area contributed by atoms with Crippen molar-refractivity contribution < 1.29 is 19.4 Å². The van der Waals surface area contributed by atoms with Crippen molar-refractivity contribution in [2.45, 2.75) is 26.9 Å². The summed E-state index contributed by atoms with van der Waals surface area (Å²) in [4.78, 5) is 25.8. The van der Waals surface area contributed by atoms with E-state index in [9.17, 15) is 9.59 Å². The highest BCUT2D eigenvalue weighted by atomic mass is 32.1. The van der Waals surface area contributed by atoms with Crippen LogP contribution in [0.5, 0.6) is 0 Å². The number of aryl methyl sites for hydroxylation is 1. The molecule has 1 aromatic heterocycles. The second-order valence-corrected chi connectivity index (χ2v) is 6.06. The van der Waals surface area contributed by atoms with Gasteiger partial charge in [0, 0.05) is 24.5 Å². The summed E-state index contributed by atoms with van der Waals surface area (Å²) in [7, 11) is 1.73. The zero-order valence-corrected chi connectivity index (χ0v) is 13.6. The highest BCUT2D eigenvalue weighted by molar-refractivity contribution is 7.15. The minimum atomic E-state index is -1.00. The molecule has 1 N–H and O–H groups in total. The zero-order chi connectivity index (χ0) is 16.0. The fourth-order valence-corrected chi connectivity index (χ4v) is 2.70. The van der Waals surface area contributed by atoms with E-state index in [-0.39, 0.29) is 12.0 Å². The lowest BCUT2D eigenvalue weighted by molar-refractivity contribution is -0.131. The fraction of sp³-hybridized carbons (Fsp3) is 0.467. The maximum atomic E-state index is 12.3. The number of rotatable bonds is 7. The lowest BCUT2D eigenvalue weighted by atomic mass is 10.2. The van der Waals surface area contributed by atoms with E-state index in [1.807, 2.05) is 20.8 Å². The van der Waals surface area contributed by atoms with Crippen molar-refractivity contribution in [3.8, 4) is 0 Å². The van der Waals surface area contributed by atoms with Crippen LogP contribution in [0, 0.1) is 6.92 Å². The molecule has 6 heteroatoms. The molecule has 0 saturated heterocycles. The summed E-state index contributed by atoms with van der Waals surface area (Å²) in [6.45, 7) is 6.78. The van der Waals surface area contributed by atoms with Gasteiger partial charge in [0.25, 0.3) is 5.91 Å². The number of ether oxygens (including phenoxy) is 1. The van der Waals surface area contributed by atoms with Gasteiger partial charge in [0.05, 0.1) is 17.6 Å². The van der Waals surface area contributed by atoms with Crippen LogP contribution < -0.4 is 0 Å². The van der Waals surface area contributed by atoms with E-state index in [2.05, 4.69) is 0 Å². The van der Waals surface area contributed by atoms with Crippen molar-refractivity contribution in [1.82, 2.24) is 4.90 Å². The van der Waals surface area contributed by atoms with Crippen LogP contribution in [0.2, 0.25) is 0 Å². The Labute approximate surface area is 128 Å². The van der Waals surface area contributed by atoms with Gasteiger partial charge in [0.15, 0.2) is 0 Å². The first-order chi connectivity index (χ1) is 9.81. The first-order valence-corrected chi connectivity index (χ1v) is 7.51. The number of carboxylic acids is 1. The molecule has 0 fully saturated rings. The largest absolute Gasteiger partial charge is 0.478 e. The second kappa shape index (κ2) is 7.95. The van der Waals surface area contributed by atoms with Crippen LogP contribution in [-0.4, -0.2) is 48.2 Å². The third-order valence-electron chi connectivity index (χ3n) is 2.77. The summed E-state index contributed by atoms with van der Waals surface area (Å²) in [5, 5.41) is 8.64. The molecule has 0 spiro atoms.